The number of amides is 1. The van der Waals surface area contributed by atoms with Crippen LogP contribution in [0.4, 0.5) is 11.6 Å². The van der Waals surface area contributed by atoms with Gasteiger partial charge in [-0.2, -0.15) is 10.2 Å². The molecule has 1 aromatic rings. The normalized spacial score (nSPS) is 13.5. The Morgan fingerprint density at radius 1 is 1.22 bits per heavy atom. The van der Waals surface area contributed by atoms with Crippen LogP contribution in [0, 0.1) is 18.3 Å². The SMILES string of the molecule is CCC(N(C)c1nc(=O)[nH]c(NC)c1C)C(O)(O)N(C(=O)C(O)(O)C#N)C(O)(O)C(O)O. The van der Waals surface area contributed by atoms with Crippen LogP contribution in [0.15, 0.2) is 4.79 Å². The van der Waals surface area contributed by atoms with E-state index >= 15 is 0 Å². The number of hydrogen-bond acceptors (Lipinski definition) is 14. The van der Waals surface area contributed by atoms with Crippen molar-refractivity contribution < 1.29 is 45.6 Å². The molecule has 0 radical (unpaired) electrons. The van der Waals surface area contributed by atoms with Crippen molar-refractivity contribution in [3.8, 4) is 6.07 Å². The molecule has 0 aromatic carbocycles. The number of aromatic amines is 1. The molecule has 0 saturated carbocycles. The molecule has 1 atom stereocenters. The zero-order valence-corrected chi connectivity index (χ0v) is 17.5. The van der Waals surface area contributed by atoms with E-state index in [-0.39, 0.29) is 23.6 Å². The maximum atomic E-state index is 12.4. The molecule has 0 bridgehead atoms. The van der Waals surface area contributed by atoms with E-state index in [0.717, 1.165) is 4.90 Å². The Balaban J connectivity index is 3.74. The lowest BCUT2D eigenvalue weighted by Crippen LogP contribution is -2.75. The average molecular weight is 462 g/mol. The predicted octanol–water partition coefficient (Wildman–Crippen LogP) is -5.04. The van der Waals surface area contributed by atoms with Gasteiger partial charge in [-0.05, 0) is 13.3 Å². The van der Waals surface area contributed by atoms with Crippen LogP contribution in [0.3, 0.4) is 0 Å². The number of hydrogen-bond donors (Lipinski definition) is 10. The highest BCUT2D eigenvalue weighted by atomic mass is 16.6. The third kappa shape index (κ3) is 4.79. The second kappa shape index (κ2) is 9.32. The fraction of sp³-hybridized carbons (Fsp3) is 0.625. The second-order valence-electron chi connectivity index (χ2n) is 6.82. The minimum Gasteiger partial charge on any atom is -0.374 e. The van der Waals surface area contributed by atoms with E-state index in [2.05, 4.69) is 15.3 Å². The van der Waals surface area contributed by atoms with Gasteiger partial charge in [0.1, 0.15) is 23.7 Å². The van der Waals surface area contributed by atoms with Gasteiger partial charge in [0, 0.05) is 19.7 Å². The fourth-order valence-corrected chi connectivity index (χ4v) is 3.08. The van der Waals surface area contributed by atoms with Crippen molar-refractivity contribution in [2.45, 2.75) is 50.2 Å². The number of aliphatic hydroxyl groups excluding tert-OH is 1. The molecule has 1 aromatic heterocycles. The summed E-state index contributed by atoms with van der Waals surface area (Å²) in [7, 11) is 2.65. The summed E-state index contributed by atoms with van der Waals surface area (Å²) in [5.41, 5.74) is -0.580. The third-order valence-corrected chi connectivity index (χ3v) is 4.70. The van der Waals surface area contributed by atoms with E-state index in [1.54, 1.807) is 0 Å². The van der Waals surface area contributed by atoms with E-state index in [1.165, 1.54) is 27.9 Å². The van der Waals surface area contributed by atoms with E-state index < -0.39 is 46.4 Å². The number of aromatic nitrogens is 2. The highest BCUT2D eigenvalue weighted by Crippen LogP contribution is 2.32. The van der Waals surface area contributed by atoms with Crippen molar-refractivity contribution in [1.29, 1.82) is 5.26 Å². The second-order valence-corrected chi connectivity index (χ2v) is 6.82. The van der Waals surface area contributed by atoms with Crippen LogP contribution in [0.1, 0.15) is 18.9 Å². The zero-order chi connectivity index (χ0) is 25.2. The number of nitrogens with one attached hydrogen (secondary N) is 2. The van der Waals surface area contributed by atoms with E-state index in [1.807, 2.05) is 0 Å². The largest absolute Gasteiger partial charge is 0.374 e. The Labute approximate surface area is 180 Å². The van der Waals surface area contributed by atoms with E-state index in [9.17, 15) is 50.4 Å². The molecule has 16 nitrogen and oxygen atoms in total. The minimum atomic E-state index is -4.23. The maximum absolute atomic E-state index is 12.4. The molecule has 0 spiro atoms. The first kappa shape index (κ1) is 27.2. The average Bonchev–Trinajstić information content (AvgIpc) is 2.68. The van der Waals surface area contributed by atoms with Gasteiger partial charge in [-0.1, -0.05) is 6.92 Å². The number of nitriles is 1. The van der Waals surface area contributed by atoms with Gasteiger partial charge in [-0.25, -0.2) is 9.69 Å². The van der Waals surface area contributed by atoms with Crippen LogP contribution < -0.4 is 15.9 Å². The van der Waals surface area contributed by atoms with Crippen LogP contribution in [-0.4, -0.2) is 106 Å². The Bertz CT molecular complexity index is 938. The molecule has 1 unspecified atom stereocenters. The van der Waals surface area contributed by atoms with Crippen molar-refractivity contribution >= 4 is 17.5 Å². The number of H-pyrrole nitrogens is 1. The van der Waals surface area contributed by atoms with Crippen LogP contribution in [0.25, 0.3) is 0 Å². The predicted molar refractivity (Wildman–Crippen MR) is 104 cm³/mol. The standard InChI is InChI=1S/C16H26N6O10/c1-5-8(21(4)10-7(2)9(18-3)19-13(26)20-10)15(29,30)22(16(31,32)12(24)25)11(23)14(27,28)6-17/h8,12,24-25,27-32H,5H2,1-4H3,(H2,18,19,20,26). The summed E-state index contributed by atoms with van der Waals surface area (Å²) in [5.74, 6) is -14.5. The van der Waals surface area contributed by atoms with Crippen LogP contribution in [0.5, 0.6) is 0 Å². The molecule has 32 heavy (non-hydrogen) atoms. The molecule has 0 saturated heterocycles. The molecule has 1 rings (SSSR count). The lowest BCUT2D eigenvalue weighted by Gasteiger charge is -2.48. The summed E-state index contributed by atoms with van der Waals surface area (Å²) in [4.78, 5) is 30.4. The molecule has 16 heteroatoms. The Morgan fingerprint density at radius 3 is 2.16 bits per heavy atom. The zero-order valence-electron chi connectivity index (χ0n) is 17.5. The first-order valence-electron chi connectivity index (χ1n) is 8.98. The van der Waals surface area contributed by atoms with Crippen molar-refractivity contribution in [3.05, 3.63) is 16.0 Å². The number of carbonyl (C=O) groups excluding carboxylic acids is 1. The van der Waals surface area contributed by atoms with E-state index in [0.29, 0.717) is 6.07 Å². The fourth-order valence-electron chi connectivity index (χ4n) is 3.08. The summed E-state index contributed by atoms with van der Waals surface area (Å²) in [6.45, 7) is 2.81. The molecule has 1 amide bonds. The highest BCUT2D eigenvalue weighted by Gasteiger charge is 2.60. The van der Waals surface area contributed by atoms with Crippen LogP contribution >= 0.6 is 0 Å². The maximum Gasteiger partial charge on any atom is 0.348 e. The van der Waals surface area contributed by atoms with Gasteiger partial charge < -0.3 is 51.1 Å². The molecule has 10 N–H and O–H groups in total. The molecular formula is C16H26N6O10. The molecule has 0 aliphatic rings. The molecule has 180 valence electrons. The van der Waals surface area contributed by atoms with Gasteiger partial charge in [0.2, 0.25) is 6.29 Å². The van der Waals surface area contributed by atoms with Gasteiger partial charge >= 0.3 is 23.3 Å². The topological polar surface area (TPSA) is 267 Å². The number of likely N-dealkylation sites (N-methyl/N-ethyl adjacent to an activating group) is 1. The monoisotopic (exact) mass is 462 g/mol. The number of aliphatic hydroxyl groups is 8. The molecule has 0 aliphatic carbocycles. The number of nitrogens with zero attached hydrogens (tertiary/aromatic N) is 4. The van der Waals surface area contributed by atoms with Crippen molar-refractivity contribution in [3.63, 3.8) is 0 Å². The number of carbonyl (C=O) groups is 1. The number of rotatable bonds is 9. The van der Waals surface area contributed by atoms with Gasteiger partial charge in [0.25, 0.3) is 5.91 Å². The lowest BCUT2D eigenvalue weighted by atomic mass is 10.0. The summed E-state index contributed by atoms with van der Waals surface area (Å²) in [6, 6.07) is -1.14. The third-order valence-electron chi connectivity index (χ3n) is 4.70. The lowest BCUT2D eigenvalue weighted by molar-refractivity contribution is -0.423. The van der Waals surface area contributed by atoms with Crippen molar-refractivity contribution in [2.24, 2.45) is 0 Å². The van der Waals surface area contributed by atoms with Gasteiger partial charge in [-0.15, -0.1) is 0 Å². The molecule has 0 aliphatic heterocycles. The highest BCUT2D eigenvalue weighted by molar-refractivity contribution is 5.87. The summed E-state index contributed by atoms with van der Waals surface area (Å²) < 4.78 is 0. The first-order valence-corrected chi connectivity index (χ1v) is 8.98. The quantitative estimate of drug-likeness (QED) is 0.122. The number of anilines is 2. The summed E-state index contributed by atoms with van der Waals surface area (Å²) >= 11 is 0. The van der Waals surface area contributed by atoms with E-state index in [4.69, 9.17) is 5.26 Å². The molecule has 1 heterocycles. The van der Waals surface area contributed by atoms with Gasteiger partial charge in [-0.3, -0.25) is 9.78 Å². The van der Waals surface area contributed by atoms with Crippen molar-refractivity contribution in [1.82, 2.24) is 14.9 Å². The first-order chi connectivity index (χ1) is 14.5. The Morgan fingerprint density at radius 2 is 1.75 bits per heavy atom. The molecular weight excluding hydrogens is 436 g/mol. The van der Waals surface area contributed by atoms with Gasteiger partial charge in [0.15, 0.2) is 0 Å². The van der Waals surface area contributed by atoms with Crippen molar-refractivity contribution in [2.75, 3.05) is 24.3 Å². The summed E-state index contributed by atoms with van der Waals surface area (Å²) in [5, 5.41) is 90.7. The van der Waals surface area contributed by atoms with Gasteiger partial charge in [0.05, 0.1) is 0 Å². The smallest absolute Gasteiger partial charge is 0.348 e. The Hall–Kier alpha value is -2.88. The summed E-state index contributed by atoms with van der Waals surface area (Å²) in [6.07, 6.45) is -3.62. The minimum absolute atomic E-state index is 0.171. The van der Waals surface area contributed by atoms with Crippen LogP contribution in [-0.2, 0) is 4.79 Å². The van der Waals surface area contributed by atoms with Crippen LogP contribution in [0.2, 0.25) is 0 Å². The molecule has 0 fully saturated rings. The Kier molecular flexibility index (Phi) is 7.90.